The second kappa shape index (κ2) is 9.48. The molecular formula is C26H24N4O3. The third-order valence-electron chi connectivity index (χ3n) is 5.55. The lowest BCUT2D eigenvalue weighted by Gasteiger charge is -2.17. The van der Waals surface area contributed by atoms with Crippen molar-refractivity contribution >= 4 is 28.4 Å². The molecule has 166 valence electrons. The number of hydrogen-bond donors (Lipinski definition) is 2. The summed E-state index contributed by atoms with van der Waals surface area (Å²) in [5.74, 6) is -2.41. The highest BCUT2D eigenvalue weighted by Gasteiger charge is 2.27. The average molecular weight is 441 g/mol. The minimum absolute atomic E-state index is 0.159. The monoisotopic (exact) mass is 440 g/mol. The number of amides is 2. The van der Waals surface area contributed by atoms with Crippen molar-refractivity contribution in [2.45, 2.75) is 25.9 Å². The molecule has 0 aliphatic carbocycles. The molecule has 3 N–H and O–H groups in total. The quantitative estimate of drug-likeness (QED) is 0.411. The van der Waals surface area contributed by atoms with E-state index in [-0.39, 0.29) is 6.42 Å². The largest absolute Gasteiger partial charge is 0.363 e. The van der Waals surface area contributed by atoms with Gasteiger partial charge in [-0.2, -0.15) is 0 Å². The molecule has 4 aromatic rings. The molecule has 7 nitrogen and oxygen atoms in total. The minimum Gasteiger partial charge on any atom is -0.363 e. The van der Waals surface area contributed by atoms with Crippen LogP contribution in [0.25, 0.3) is 10.8 Å². The number of aromatic nitrogens is 2. The van der Waals surface area contributed by atoms with Crippen LogP contribution in [0, 0.1) is 6.92 Å². The van der Waals surface area contributed by atoms with Crippen molar-refractivity contribution < 1.29 is 14.4 Å². The van der Waals surface area contributed by atoms with Gasteiger partial charge in [0.05, 0.1) is 12.0 Å². The maximum absolute atomic E-state index is 13.2. The summed E-state index contributed by atoms with van der Waals surface area (Å²) < 4.78 is 1.74. The van der Waals surface area contributed by atoms with Crippen LogP contribution in [0.5, 0.6) is 0 Å². The van der Waals surface area contributed by atoms with Gasteiger partial charge in [0.15, 0.2) is 0 Å². The van der Waals surface area contributed by atoms with E-state index < -0.39 is 23.6 Å². The molecule has 1 atom stereocenters. The molecule has 4 rings (SSSR count). The van der Waals surface area contributed by atoms with E-state index in [0.29, 0.717) is 17.9 Å². The van der Waals surface area contributed by atoms with Gasteiger partial charge >= 0.3 is 0 Å². The second-order valence-corrected chi connectivity index (χ2v) is 7.93. The summed E-state index contributed by atoms with van der Waals surface area (Å²) in [7, 11) is 0. The molecule has 0 aliphatic heterocycles. The summed E-state index contributed by atoms with van der Waals surface area (Å²) in [5.41, 5.74) is 7.91. The standard InChI is InChI=1S/C26H24N4O3/c1-17-23(26(33)29-22(24(31)25(27)32)14-18-7-3-2-4-8-18)30(16-28-17)15-19-11-12-20-9-5-6-10-21(20)13-19/h2-13,16,22H,14-15H2,1H3,(H2,27,32)(H,29,33). The van der Waals surface area contributed by atoms with Crippen molar-refractivity contribution in [3.05, 3.63) is 102 Å². The summed E-state index contributed by atoms with van der Waals surface area (Å²) >= 11 is 0. The molecule has 1 unspecified atom stereocenters. The highest BCUT2D eigenvalue weighted by atomic mass is 16.2. The van der Waals surface area contributed by atoms with Gasteiger partial charge in [-0.3, -0.25) is 14.4 Å². The summed E-state index contributed by atoms with van der Waals surface area (Å²) in [5, 5.41) is 4.93. The highest BCUT2D eigenvalue weighted by Crippen LogP contribution is 2.18. The smallest absolute Gasteiger partial charge is 0.287 e. The molecule has 0 bridgehead atoms. The number of nitrogens with zero attached hydrogens (tertiary/aromatic N) is 2. The van der Waals surface area contributed by atoms with Gasteiger partial charge in [-0.15, -0.1) is 0 Å². The SMILES string of the molecule is Cc1ncn(Cc2ccc3ccccc3c2)c1C(=O)NC(Cc1ccccc1)C(=O)C(N)=O. The molecule has 0 saturated heterocycles. The number of aryl methyl sites for hydroxylation is 1. The third kappa shape index (κ3) is 4.98. The zero-order valence-corrected chi connectivity index (χ0v) is 18.2. The Kier molecular flexibility index (Phi) is 6.31. The molecule has 1 heterocycles. The van der Waals surface area contributed by atoms with E-state index in [1.165, 1.54) is 0 Å². The van der Waals surface area contributed by atoms with Crippen LogP contribution in [-0.4, -0.2) is 33.2 Å². The number of benzene rings is 3. The normalized spacial score (nSPS) is 11.8. The molecule has 0 spiro atoms. The highest BCUT2D eigenvalue weighted by molar-refractivity contribution is 6.38. The maximum Gasteiger partial charge on any atom is 0.287 e. The molecule has 0 aliphatic rings. The molecule has 0 saturated carbocycles. The Hall–Kier alpha value is -4.26. The average Bonchev–Trinajstić information content (AvgIpc) is 3.18. The fraction of sp³-hybridized carbons (Fsp3) is 0.154. The van der Waals surface area contributed by atoms with Crippen LogP contribution in [0.1, 0.15) is 27.3 Å². The Morgan fingerprint density at radius 2 is 1.64 bits per heavy atom. The Morgan fingerprint density at radius 1 is 0.939 bits per heavy atom. The fourth-order valence-electron chi connectivity index (χ4n) is 3.89. The van der Waals surface area contributed by atoms with Gasteiger partial charge in [0.25, 0.3) is 11.8 Å². The molecule has 7 heteroatoms. The van der Waals surface area contributed by atoms with E-state index in [1.54, 1.807) is 17.8 Å². The minimum atomic E-state index is -1.09. The number of fused-ring (bicyclic) bond motifs is 1. The topological polar surface area (TPSA) is 107 Å². The molecule has 1 aromatic heterocycles. The maximum atomic E-state index is 13.2. The number of rotatable bonds is 8. The van der Waals surface area contributed by atoms with Crippen molar-refractivity contribution in [1.29, 1.82) is 0 Å². The lowest BCUT2D eigenvalue weighted by atomic mass is 10.0. The molecule has 2 amide bonds. The van der Waals surface area contributed by atoms with E-state index in [2.05, 4.69) is 16.4 Å². The third-order valence-corrected chi connectivity index (χ3v) is 5.55. The van der Waals surface area contributed by atoms with Crippen molar-refractivity contribution in [1.82, 2.24) is 14.9 Å². The summed E-state index contributed by atoms with van der Waals surface area (Å²) in [4.78, 5) is 41.5. The number of carbonyl (C=O) groups is 3. The van der Waals surface area contributed by atoms with Crippen LogP contribution >= 0.6 is 0 Å². The first-order valence-electron chi connectivity index (χ1n) is 10.6. The van der Waals surface area contributed by atoms with Gasteiger partial charge in [-0.25, -0.2) is 4.98 Å². The first-order chi connectivity index (χ1) is 15.9. The van der Waals surface area contributed by atoms with Crippen molar-refractivity contribution in [3.8, 4) is 0 Å². The predicted molar refractivity (Wildman–Crippen MR) is 126 cm³/mol. The molecule has 3 aromatic carbocycles. The van der Waals surface area contributed by atoms with Gasteiger partial charge in [0, 0.05) is 13.0 Å². The predicted octanol–water partition coefficient (Wildman–Crippen LogP) is 2.79. The first-order valence-corrected chi connectivity index (χ1v) is 10.6. The number of hydrogen-bond acceptors (Lipinski definition) is 4. The van der Waals surface area contributed by atoms with Crippen LogP contribution in [0.4, 0.5) is 0 Å². The van der Waals surface area contributed by atoms with Crippen molar-refractivity contribution in [2.75, 3.05) is 0 Å². The van der Waals surface area contributed by atoms with Crippen molar-refractivity contribution in [2.24, 2.45) is 5.73 Å². The van der Waals surface area contributed by atoms with E-state index in [4.69, 9.17) is 5.73 Å². The molecule has 33 heavy (non-hydrogen) atoms. The van der Waals surface area contributed by atoms with E-state index in [9.17, 15) is 14.4 Å². The number of nitrogens with two attached hydrogens (primary N) is 1. The fourth-order valence-corrected chi connectivity index (χ4v) is 3.89. The first kappa shape index (κ1) is 22.0. The van der Waals surface area contributed by atoms with E-state index in [1.807, 2.05) is 66.7 Å². The Bertz CT molecular complexity index is 1330. The Morgan fingerprint density at radius 3 is 2.36 bits per heavy atom. The summed E-state index contributed by atoms with van der Waals surface area (Å²) in [6.07, 6.45) is 1.76. The second-order valence-electron chi connectivity index (χ2n) is 7.93. The number of nitrogens with one attached hydrogen (secondary N) is 1. The van der Waals surface area contributed by atoms with Crippen LogP contribution in [-0.2, 0) is 22.6 Å². The Labute approximate surface area is 191 Å². The number of primary amides is 1. The lowest BCUT2D eigenvalue weighted by molar-refractivity contribution is -0.137. The summed E-state index contributed by atoms with van der Waals surface area (Å²) in [6.45, 7) is 2.16. The van der Waals surface area contributed by atoms with Gasteiger partial charge in [0.2, 0.25) is 5.78 Å². The van der Waals surface area contributed by atoms with E-state index in [0.717, 1.165) is 21.9 Å². The zero-order chi connectivity index (χ0) is 23.4. The number of imidazole rings is 1. The summed E-state index contributed by atoms with van der Waals surface area (Å²) in [6, 6.07) is 22.2. The molecular weight excluding hydrogens is 416 g/mol. The van der Waals surface area contributed by atoms with Gasteiger partial charge < -0.3 is 15.6 Å². The molecule has 0 radical (unpaired) electrons. The van der Waals surface area contributed by atoms with Crippen LogP contribution in [0.2, 0.25) is 0 Å². The van der Waals surface area contributed by atoms with Crippen molar-refractivity contribution in [3.63, 3.8) is 0 Å². The Balaban J connectivity index is 1.58. The lowest BCUT2D eigenvalue weighted by Crippen LogP contribution is -2.47. The van der Waals surface area contributed by atoms with Crippen LogP contribution in [0.15, 0.2) is 79.1 Å². The van der Waals surface area contributed by atoms with Gasteiger partial charge in [-0.1, -0.05) is 66.7 Å². The zero-order valence-electron chi connectivity index (χ0n) is 18.2. The number of ketones is 1. The van der Waals surface area contributed by atoms with E-state index >= 15 is 0 Å². The number of Topliss-reactive ketones (excluding diaryl/α,β-unsaturated/α-hetero) is 1. The van der Waals surface area contributed by atoms with Crippen LogP contribution < -0.4 is 11.1 Å². The van der Waals surface area contributed by atoms with Crippen LogP contribution in [0.3, 0.4) is 0 Å². The van der Waals surface area contributed by atoms with Gasteiger partial charge in [-0.05, 0) is 34.9 Å². The number of carbonyl (C=O) groups excluding carboxylic acids is 3. The molecule has 0 fully saturated rings. The van der Waals surface area contributed by atoms with Gasteiger partial charge in [0.1, 0.15) is 11.7 Å².